The molecule has 8 nitrogen and oxygen atoms in total. The zero-order valence-corrected chi connectivity index (χ0v) is 13.1. The van der Waals surface area contributed by atoms with Crippen LogP contribution >= 0.6 is 0 Å². The van der Waals surface area contributed by atoms with Crippen LogP contribution < -0.4 is 21.5 Å². The predicted molar refractivity (Wildman–Crippen MR) is 92.8 cm³/mol. The van der Waals surface area contributed by atoms with Crippen molar-refractivity contribution in [2.45, 2.75) is 12.8 Å². The van der Waals surface area contributed by atoms with E-state index in [0.717, 1.165) is 5.69 Å². The van der Waals surface area contributed by atoms with E-state index in [-0.39, 0.29) is 0 Å². The Bertz CT molecular complexity index is 714. The van der Waals surface area contributed by atoms with E-state index in [2.05, 4.69) is 33.0 Å². The lowest BCUT2D eigenvalue weighted by Gasteiger charge is -2.23. The van der Waals surface area contributed by atoms with Crippen molar-refractivity contribution >= 4 is 23.0 Å². The minimum atomic E-state index is 0.319. The summed E-state index contributed by atoms with van der Waals surface area (Å²) < 4.78 is 0. The number of para-hydroxylation sites is 1. The second-order valence-electron chi connectivity index (χ2n) is 4.88. The smallest absolute Gasteiger partial charge is 0.173 e. The molecule has 0 saturated heterocycles. The molecular weight excluding hydrogens is 304 g/mol. The minimum absolute atomic E-state index is 0.319. The van der Waals surface area contributed by atoms with Crippen LogP contribution in [0.4, 0.5) is 23.0 Å². The van der Waals surface area contributed by atoms with Gasteiger partial charge in [0, 0.05) is 13.1 Å². The van der Waals surface area contributed by atoms with Crippen molar-refractivity contribution in [2.24, 2.45) is 0 Å². The van der Waals surface area contributed by atoms with Crippen LogP contribution in [0.15, 0.2) is 36.7 Å². The number of nitrogens with two attached hydrogens (primary N) is 1. The van der Waals surface area contributed by atoms with E-state index in [1.807, 2.05) is 35.2 Å². The van der Waals surface area contributed by atoms with Crippen molar-refractivity contribution < 1.29 is 0 Å². The number of hydrogen-bond acceptors (Lipinski definition) is 8. The first-order valence-corrected chi connectivity index (χ1v) is 7.42. The second kappa shape index (κ2) is 8.81. The topological polar surface area (TPSA) is 127 Å². The third kappa shape index (κ3) is 4.49. The molecule has 0 saturated carbocycles. The summed E-state index contributed by atoms with van der Waals surface area (Å²) >= 11 is 0. The Balaban J connectivity index is 2.15. The van der Waals surface area contributed by atoms with Crippen LogP contribution in [0.25, 0.3) is 0 Å². The highest BCUT2D eigenvalue weighted by Gasteiger charge is 2.15. The second-order valence-corrected chi connectivity index (χ2v) is 4.88. The quantitative estimate of drug-likeness (QED) is 0.631. The predicted octanol–water partition coefficient (Wildman–Crippen LogP) is 2.13. The molecule has 0 bridgehead atoms. The van der Waals surface area contributed by atoms with Gasteiger partial charge in [-0.3, -0.25) is 10.9 Å². The van der Waals surface area contributed by atoms with Gasteiger partial charge in [-0.25, -0.2) is 9.97 Å². The maximum atomic E-state index is 8.79. The van der Waals surface area contributed by atoms with Gasteiger partial charge in [0.25, 0.3) is 0 Å². The SMILES string of the molecule is N#CCCN(CCC#N)c1ncnc(NNc2ccccc2)c1N. The number of hydrogen-bond donors (Lipinski definition) is 3. The zero-order chi connectivity index (χ0) is 17.2. The van der Waals surface area contributed by atoms with Gasteiger partial charge in [0.1, 0.15) is 12.0 Å². The van der Waals surface area contributed by atoms with E-state index in [4.69, 9.17) is 16.3 Å². The fourth-order valence-corrected chi connectivity index (χ4v) is 2.08. The van der Waals surface area contributed by atoms with Gasteiger partial charge in [0.2, 0.25) is 0 Å². The first-order valence-electron chi connectivity index (χ1n) is 7.42. The van der Waals surface area contributed by atoms with E-state index >= 15 is 0 Å². The first kappa shape index (κ1) is 16.8. The van der Waals surface area contributed by atoms with Crippen LogP contribution in [-0.2, 0) is 0 Å². The number of benzene rings is 1. The molecule has 0 aliphatic rings. The van der Waals surface area contributed by atoms with Crippen LogP contribution in [0, 0.1) is 22.7 Å². The Labute approximate surface area is 140 Å². The van der Waals surface area contributed by atoms with Gasteiger partial charge in [0.15, 0.2) is 11.6 Å². The van der Waals surface area contributed by atoms with E-state index in [1.165, 1.54) is 6.33 Å². The molecule has 0 radical (unpaired) electrons. The third-order valence-corrected chi connectivity index (χ3v) is 3.25. The highest BCUT2D eigenvalue weighted by molar-refractivity contribution is 5.75. The molecule has 0 unspecified atom stereocenters. The third-order valence-electron chi connectivity index (χ3n) is 3.25. The molecule has 0 aliphatic heterocycles. The molecule has 1 heterocycles. The van der Waals surface area contributed by atoms with Crippen molar-refractivity contribution in [3.05, 3.63) is 36.7 Å². The molecule has 122 valence electrons. The number of nitrogen functional groups attached to an aromatic ring is 1. The molecule has 1 aromatic carbocycles. The van der Waals surface area contributed by atoms with Crippen LogP contribution in [0.1, 0.15) is 12.8 Å². The molecule has 0 atom stereocenters. The zero-order valence-electron chi connectivity index (χ0n) is 13.1. The summed E-state index contributed by atoms with van der Waals surface area (Å²) in [6.45, 7) is 0.899. The number of nitrogens with one attached hydrogen (secondary N) is 2. The summed E-state index contributed by atoms with van der Waals surface area (Å²) in [5.41, 5.74) is 13.3. The molecule has 0 fully saturated rings. The molecule has 8 heteroatoms. The van der Waals surface area contributed by atoms with Crippen molar-refractivity contribution in [3.63, 3.8) is 0 Å². The molecule has 0 aliphatic carbocycles. The van der Waals surface area contributed by atoms with Gasteiger partial charge >= 0.3 is 0 Å². The van der Waals surface area contributed by atoms with Gasteiger partial charge in [-0.1, -0.05) is 18.2 Å². The summed E-state index contributed by atoms with van der Waals surface area (Å²) in [5.74, 6) is 0.940. The molecule has 24 heavy (non-hydrogen) atoms. The largest absolute Gasteiger partial charge is 0.393 e. The number of rotatable bonds is 8. The van der Waals surface area contributed by atoms with Crippen LogP contribution in [-0.4, -0.2) is 23.1 Å². The summed E-state index contributed by atoms with van der Waals surface area (Å²) in [4.78, 5) is 10.2. The van der Waals surface area contributed by atoms with Crippen LogP contribution in [0.2, 0.25) is 0 Å². The monoisotopic (exact) mass is 322 g/mol. The molecule has 0 spiro atoms. The standard InChI is InChI=1S/C16H18N8/c17-8-4-10-24(11-5-9-18)16-14(19)15(20-12-21-16)23-22-13-6-2-1-3-7-13/h1-3,6-7,12,22H,4-5,10-11,19H2,(H,20,21,23). The summed E-state index contributed by atoms with van der Waals surface area (Å²) in [6.07, 6.45) is 2.03. The molecule has 2 rings (SSSR count). The number of anilines is 4. The Morgan fingerprint density at radius 2 is 1.67 bits per heavy atom. The maximum Gasteiger partial charge on any atom is 0.173 e. The summed E-state index contributed by atoms with van der Waals surface area (Å²) in [7, 11) is 0. The summed E-state index contributed by atoms with van der Waals surface area (Å²) in [5, 5.41) is 17.6. The van der Waals surface area contributed by atoms with Gasteiger partial charge in [0.05, 0.1) is 30.7 Å². The molecular formula is C16H18N8. The van der Waals surface area contributed by atoms with Crippen molar-refractivity contribution in [2.75, 3.05) is 34.6 Å². The van der Waals surface area contributed by atoms with Gasteiger partial charge in [-0.15, -0.1) is 0 Å². The normalized spacial score (nSPS) is 9.58. The highest BCUT2D eigenvalue weighted by Crippen LogP contribution is 2.26. The molecule has 4 N–H and O–H groups in total. The lowest BCUT2D eigenvalue weighted by atomic mass is 10.3. The van der Waals surface area contributed by atoms with Gasteiger partial charge < -0.3 is 10.6 Å². The Kier molecular flexibility index (Phi) is 6.18. The number of nitrogens with zero attached hydrogens (tertiary/aromatic N) is 5. The average molecular weight is 322 g/mol. The Hall–Kier alpha value is -3.52. The first-order chi connectivity index (χ1) is 11.8. The fraction of sp³-hybridized carbons (Fsp3) is 0.250. The minimum Gasteiger partial charge on any atom is -0.393 e. The van der Waals surface area contributed by atoms with Gasteiger partial charge in [-0.05, 0) is 12.1 Å². The molecule has 0 amide bonds. The van der Waals surface area contributed by atoms with Crippen LogP contribution in [0.5, 0.6) is 0 Å². The number of hydrazine groups is 1. The van der Waals surface area contributed by atoms with E-state index in [9.17, 15) is 0 Å². The van der Waals surface area contributed by atoms with E-state index < -0.39 is 0 Å². The average Bonchev–Trinajstić information content (AvgIpc) is 2.62. The Morgan fingerprint density at radius 3 is 2.29 bits per heavy atom. The molecule has 1 aromatic heterocycles. The lowest BCUT2D eigenvalue weighted by Crippen LogP contribution is -2.28. The fourth-order valence-electron chi connectivity index (χ4n) is 2.08. The van der Waals surface area contributed by atoms with Crippen molar-refractivity contribution in [3.8, 4) is 12.1 Å². The maximum absolute atomic E-state index is 8.79. The lowest BCUT2D eigenvalue weighted by molar-refractivity contribution is 0.781. The van der Waals surface area contributed by atoms with E-state index in [1.54, 1.807) is 0 Å². The van der Waals surface area contributed by atoms with Gasteiger partial charge in [-0.2, -0.15) is 10.5 Å². The highest BCUT2D eigenvalue weighted by atomic mass is 15.4. The van der Waals surface area contributed by atoms with Crippen molar-refractivity contribution in [1.82, 2.24) is 9.97 Å². The van der Waals surface area contributed by atoms with E-state index in [0.29, 0.717) is 43.3 Å². The Morgan fingerprint density at radius 1 is 1.00 bits per heavy atom. The summed E-state index contributed by atoms with van der Waals surface area (Å²) in [6, 6.07) is 13.7. The molecule has 2 aromatic rings. The number of nitriles is 2. The van der Waals surface area contributed by atoms with Crippen molar-refractivity contribution in [1.29, 1.82) is 10.5 Å². The number of aromatic nitrogens is 2. The van der Waals surface area contributed by atoms with Crippen LogP contribution in [0.3, 0.4) is 0 Å².